The Morgan fingerprint density at radius 1 is 1.33 bits per heavy atom. The highest BCUT2D eigenvalue weighted by Gasteiger charge is 2.36. The highest BCUT2D eigenvalue weighted by molar-refractivity contribution is 9.10. The van der Waals surface area contributed by atoms with Crippen molar-refractivity contribution in [2.45, 2.75) is 19.0 Å². The van der Waals surface area contributed by atoms with Crippen LogP contribution in [0.15, 0.2) is 22.7 Å². The predicted molar refractivity (Wildman–Crippen MR) is 76.8 cm³/mol. The number of hydrogen-bond donors (Lipinski definition) is 1. The molecule has 0 radical (unpaired) electrons. The number of hydrogen-bond acceptors (Lipinski definition) is 2. The van der Waals surface area contributed by atoms with E-state index in [0.717, 1.165) is 18.9 Å². The van der Waals surface area contributed by atoms with Crippen molar-refractivity contribution in [2.75, 3.05) is 19.6 Å². The summed E-state index contributed by atoms with van der Waals surface area (Å²) in [5.74, 6) is -0.216. The van der Waals surface area contributed by atoms with E-state index in [-0.39, 0.29) is 5.56 Å². The third-order valence-electron chi connectivity index (χ3n) is 3.75. The van der Waals surface area contributed by atoms with E-state index in [9.17, 15) is 18.0 Å². The number of piperidine rings is 1. The van der Waals surface area contributed by atoms with Crippen molar-refractivity contribution in [1.82, 2.24) is 4.90 Å². The fourth-order valence-electron chi connectivity index (χ4n) is 2.48. The number of nitrogens with two attached hydrogens (primary N) is 1. The van der Waals surface area contributed by atoms with Gasteiger partial charge in [0.15, 0.2) is 0 Å². The first-order chi connectivity index (χ1) is 9.82. The maximum Gasteiger partial charge on any atom is 0.417 e. The van der Waals surface area contributed by atoms with Gasteiger partial charge in [0.1, 0.15) is 0 Å². The predicted octanol–water partition coefficient (Wildman–Crippen LogP) is 3.28. The smallest absolute Gasteiger partial charge is 0.339 e. The summed E-state index contributed by atoms with van der Waals surface area (Å²) in [5.41, 5.74) is 4.38. The molecule has 1 heterocycles. The molecule has 1 fully saturated rings. The standard InChI is InChI=1S/C14H16BrF3N2O/c15-10-1-2-11(12(7-10)14(16,17)18)13(21)20-5-3-9(8-19)4-6-20/h1-2,7,9H,3-6,8,19H2. The van der Waals surface area contributed by atoms with Crippen molar-refractivity contribution < 1.29 is 18.0 Å². The first-order valence-electron chi connectivity index (χ1n) is 6.69. The van der Waals surface area contributed by atoms with Gasteiger partial charge in [-0.15, -0.1) is 0 Å². The molecule has 2 N–H and O–H groups in total. The van der Waals surface area contributed by atoms with Gasteiger partial charge in [0.05, 0.1) is 11.1 Å². The summed E-state index contributed by atoms with van der Waals surface area (Å²) in [6.45, 7) is 1.45. The molecule has 0 atom stereocenters. The van der Waals surface area contributed by atoms with Crippen molar-refractivity contribution in [1.29, 1.82) is 0 Å². The van der Waals surface area contributed by atoms with Gasteiger partial charge in [-0.05, 0) is 43.5 Å². The van der Waals surface area contributed by atoms with Crippen LogP contribution in [0.4, 0.5) is 13.2 Å². The molecule has 1 aromatic carbocycles. The van der Waals surface area contributed by atoms with Crippen molar-refractivity contribution in [3.05, 3.63) is 33.8 Å². The maximum absolute atomic E-state index is 13.1. The number of carbonyl (C=O) groups excluding carboxylic acids is 1. The Labute approximate surface area is 129 Å². The quantitative estimate of drug-likeness (QED) is 0.875. The highest BCUT2D eigenvalue weighted by atomic mass is 79.9. The molecule has 7 heteroatoms. The Morgan fingerprint density at radius 3 is 2.48 bits per heavy atom. The van der Waals surface area contributed by atoms with Crippen LogP contribution in [0.5, 0.6) is 0 Å². The fourth-order valence-corrected chi connectivity index (χ4v) is 2.84. The van der Waals surface area contributed by atoms with Crippen LogP contribution < -0.4 is 5.73 Å². The Morgan fingerprint density at radius 2 is 1.95 bits per heavy atom. The van der Waals surface area contributed by atoms with Gasteiger partial charge in [-0.1, -0.05) is 15.9 Å². The van der Waals surface area contributed by atoms with Gasteiger partial charge in [-0.25, -0.2) is 0 Å². The van der Waals surface area contributed by atoms with Gasteiger partial charge >= 0.3 is 6.18 Å². The lowest BCUT2D eigenvalue weighted by atomic mass is 9.96. The monoisotopic (exact) mass is 364 g/mol. The van der Waals surface area contributed by atoms with Gasteiger partial charge in [-0.3, -0.25) is 4.79 Å². The maximum atomic E-state index is 13.1. The average molecular weight is 365 g/mol. The number of halogens is 4. The van der Waals surface area contributed by atoms with Gasteiger partial charge in [0.2, 0.25) is 0 Å². The molecule has 0 saturated carbocycles. The second-order valence-electron chi connectivity index (χ2n) is 5.16. The van der Waals surface area contributed by atoms with Crippen LogP contribution >= 0.6 is 15.9 Å². The third kappa shape index (κ3) is 3.77. The van der Waals surface area contributed by atoms with E-state index in [4.69, 9.17) is 5.73 Å². The third-order valence-corrected chi connectivity index (χ3v) is 4.25. The molecule has 0 unspecified atom stereocenters. The van der Waals surface area contributed by atoms with Crippen molar-refractivity contribution in [3.8, 4) is 0 Å². The number of benzene rings is 1. The summed E-state index contributed by atoms with van der Waals surface area (Å²) in [4.78, 5) is 13.8. The van der Waals surface area contributed by atoms with Crippen LogP contribution in [0.1, 0.15) is 28.8 Å². The molecule has 2 rings (SSSR count). The lowest BCUT2D eigenvalue weighted by Crippen LogP contribution is -2.40. The zero-order valence-electron chi connectivity index (χ0n) is 11.3. The van der Waals surface area contributed by atoms with E-state index in [1.807, 2.05) is 0 Å². The van der Waals surface area contributed by atoms with Crippen LogP contribution in [0.25, 0.3) is 0 Å². The number of rotatable bonds is 2. The minimum atomic E-state index is -4.55. The summed E-state index contributed by atoms with van der Waals surface area (Å²) in [6.07, 6.45) is -3.08. The van der Waals surface area contributed by atoms with Gasteiger partial charge in [0, 0.05) is 17.6 Å². The topological polar surface area (TPSA) is 46.3 Å². The highest BCUT2D eigenvalue weighted by Crippen LogP contribution is 2.34. The van der Waals surface area contributed by atoms with E-state index in [0.29, 0.717) is 30.0 Å². The van der Waals surface area contributed by atoms with Gasteiger partial charge < -0.3 is 10.6 Å². The van der Waals surface area contributed by atoms with Crippen molar-refractivity contribution >= 4 is 21.8 Å². The van der Waals surface area contributed by atoms with E-state index in [2.05, 4.69) is 15.9 Å². The Bertz CT molecular complexity index is 525. The molecule has 21 heavy (non-hydrogen) atoms. The Kier molecular flexibility index (Phi) is 4.93. The first kappa shape index (κ1) is 16.3. The molecule has 1 saturated heterocycles. The molecular formula is C14H16BrF3N2O. The Hall–Kier alpha value is -1.08. The van der Waals surface area contributed by atoms with E-state index in [1.54, 1.807) is 0 Å². The van der Waals surface area contributed by atoms with E-state index < -0.39 is 17.6 Å². The van der Waals surface area contributed by atoms with Gasteiger partial charge in [-0.2, -0.15) is 13.2 Å². The van der Waals surface area contributed by atoms with Crippen LogP contribution in [0.2, 0.25) is 0 Å². The Balaban J connectivity index is 2.24. The summed E-state index contributed by atoms with van der Waals surface area (Å²) in [5, 5.41) is 0. The molecule has 3 nitrogen and oxygen atoms in total. The molecule has 116 valence electrons. The molecule has 0 bridgehead atoms. The molecule has 0 aliphatic carbocycles. The number of likely N-dealkylation sites (tertiary alicyclic amines) is 1. The van der Waals surface area contributed by atoms with Crippen molar-refractivity contribution in [3.63, 3.8) is 0 Å². The van der Waals surface area contributed by atoms with Crippen LogP contribution in [-0.2, 0) is 6.18 Å². The van der Waals surface area contributed by atoms with Crippen molar-refractivity contribution in [2.24, 2.45) is 11.7 Å². The molecule has 1 aliphatic rings. The van der Waals surface area contributed by atoms with E-state index in [1.165, 1.54) is 17.0 Å². The summed E-state index contributed by atoms with van der Waals surface area (Å²) < 4.78 is 39.5. The summed E-state index contributed by atoms with van der Waals surface area (Å²) >= 11 is 3.01. The summed E-state index contributed by atoms with van der Waals surface area (Å²) in [6, 6.07) is 3.62. The minimum absolute atomic E-state index is 0.295. The first-order valence-corrected chi connectivity index (χ1v) is 7.48. The number of alkyl halides is 3. The zero-order valence-corrected chi connectivity index (χ0v) is 12.9. The summed E-state index contributed by atoms with van der Waals surface area (Å²) in [7, 11) is 0. The lowest BCUT2D eigenvalue weighted by Gasteiger charge is -2.32. The second-order valence-corrected chi connectivity index (χ2v) is 6.07. The largest absolute Gasteiger partial charge is 0.417 e. The molecule has 1 aliphatic heterocycles. The molecule has 1 aromatic rings. The second kappa shape index (κ2) is 6.36. The lowest BCUT2D eigenvalue weighted by molar-refractivity contribution is -0.138. The SMILES string of the molecule is NCC1CCN(C(=O)c2ccc(Br)cc2C(F)(F)F)CC1. The van der Waals surface area contributed by atoms with Gasteiger partial charge in [0.25, 0.3) is 5.91 Å². The number of amides is 1. The van der Waals surface area contributed by atoms with Crippen LogP contribution in [0.3, 0.4) is 0 Å². The molecule has 0 spiro atoms. The zero-order chi connectivity index (χ0) is 15.6. The number of nitrogens with zero attached hydrogens (tertiary/aromatic N) is 1. The van der Waals surface area contributed by atoms with Crippen LogP contribution in [0, 0.1) is 5.92 Å². The minimum Gasteiger partial charge on any atom is -0.339 e. The molecule has 0 aromatic heterocycles. The van der Waals surface area contributed by atoms with E-state index >= 15 is 0 Å². The number of carbonyl (C=O) groups is 1. The normalized spacial score (nSPS) is 17.1. The van der Waals surface area contributed by atoms with Crippen LogP contribution in [-0.4, -0.2) is 30.4 Å². The molecular weight excluding hydrogens is 349 g/mol. The molecule has 1 amide bonds. The average Bonchev–Trinajstić information content (AvgIpc) is 2.45. The fraction of sp³-hybridized carbons (Fsp3) is 0.500.